The Morgan fingerprint density at radius 3 is 1.89 bits per heavy atom. The van der Waals surface area contributed by atoms with E-state index in [0.717, 1.165) is 34.4 Å². The highest BCUT2D eigenvalue weighted by Crippen LogP contribution is 2.36. The average molecular weight is 364 g/mol. The van der Waals surface area contributed by atoms with Crippen LogP contribution in [-0.4, -0.2) is 18.2 Å². The minimum absolute atomic E-state index is 0.471. The highest BCUT2D eigenvalue weighted by atomic mass is 19.1. The summed E-state index contributed by atoms with van der Waals surface area (Å²) < 4.78 is 27.2. The van der Waals surface area contributed by atoms with Gasteiger partial charge in [0.25, 0.3) is 5.91 Å². The van der Waals surface area contributed by atoms with Crippen molar-refractivity contribution in [3.63, 3.8) is 0 Å². The lowest BCUT2D eigenvalue weighted by molar-refractivity contribution is -0.120. The van der Waals surface area contributed by atoms with E-state index in [4.69, 9.17) is 4.84 Å². The molecule has 0 bridgehead atoms. The second-order valence-electron chi connectivity index (χ2n) is 5.95. The smallest absolute Gasteiger partial charge is 0.265 e. The number of nitrogens with one attached hydrogen (secondary N) is 1. The molecular formula is C21H14F2N2O2. The maximum atomic E-state index is 13.6. The molecule has 0 radical (unpaired) electrons. The minimum Gasteiger partial charge on any atom is -0.385 e. The Kier molecular flexibility index (Phi) is 4.38. The molecule has 0 saturated carbocycles. The van der Waals surface area contributed by atoms with E-state index in [1.165, 1.54) is 6.07 Å². The SMILES string of the molecule is O=C(CON=C1c2ccccc2-c2ccccc21)Nc1c(F)cccc1F. The van der Waals surface area contributed by atoms with Gasteiger partial charge in [0.15, 0.2) is 6.61 Å². The molecular weight excluding hydrogens is 350 g/mol. The summed E-state index contributed by atoms with van der Waals surface area (Å²) in [6.07, 6.45) is 0. The Morgan fingerprint density at radius 1 is 0.815 bits per heavy atom. The van der Waals surface area contributed by atoms with Crippen molar-refractivity contribution in [3.05, 3.63) is 89.5 Å². The summed E-state index contributed by atoms with van der Waals surface area (Å²) in [6.45, 7) is -0.471. The molecule has 3 aromatic carbocycles. The molecule has 134 valence electrons. The van der Waals surface area contributed by atoms with E-state index in [0.29, 0.717) is 5.71 Å². The molecule has 0 unspecified atom stereocenters. The van der Waals surface area contributed by atoms with E-state index < -0.39 is 29.8 Å². The lowest BCUT2D eigenvalue weighted by Gasteiger charge is -2.07. The van der Waals surface area contributed by atoms with Gasteiger partial charge in [-0.2, -0.15) is 0 Å². The highest BCUT2D eigenvalue weighted by molar-refractivity contribution is 6.24. The third-order valence-corrected chi connectivity index (χ3v) is 4.23. The molecule has 0 spiro atoms. The number of nitrogens with zero attached hydrogens (tertiary/aromatic N) is 1. The number of carbonyl (C=O) groups is 1. The molecule has 6 heteroatoms. The fourth-order valence-corrected chi connectivity index (χ4v) is 3.04. The number of fused-ring (bicyclic) bond motifs is 3. The Morgan fingerprint density at radius 2 is 1.33 bits per heavy atom. The summed E-state index contributed by atoms with van der Waals surface area (Å²) >= 11 is 0. The molecule has 4 rings (SSSR count). The normalized spacial score (nSPS) is 11.6. The number of halogens is 2. The van der Waals surface area contributed by atoms with Gasteiger partial charge in [0, 0.05) is 11.1 Å². The molecule has 0 aromatic heterocycles. The number of para-hydroxylation sites is 1. The predicted molar refractivity (Wildman–Crippen MR) is 98.5 cm³/mol. The monoisotopic (exact) mass is 364 g/mol. The van der Waals surface area contributed by atoms with Crippen LogP contribution in [0.2, 0.25) is 0 Å². The first-order valence-electron chi connectivity index (χ1n) is 8.28. The van der Waals surface area contributed by atoms with Gasteiger partial charge in [-0.25, -0.2) is 8.78 Å². The van der Waals surface area contributed by atoms with Crippen LogP contribution in [0.5, 0.6) is 0 Å². The van der Waals surface area contributed by atoms with Crippen LogP contribution in [0.4, 0.5) is 14.5 Å². The number of rotatable bonds is 4. The van der Waals surface area contributed by atoms with Gasteiger partial charge in [-0.15, -0.1) is 0 Å². The third kappa shape index (κ3) is 3.17. The van der Waals surface area contributed by atoms with Crippen molar-refractivity contribution in [2.45, 2.75) is 0 Å². The summed E-state index contributed by atoms with van der Waals surface area (Å²) in [4.78, 5) is 17.1. The molecule has 0 atom stereocenters. The Bertz CT molecular complexity index is 996. The Balaban J connectivity index is 1.51. The molecule has 0 saturated heterocycles. The van der Waals surface area contributed by atoms with E-state index >= 15 is 0 Å². The zero-order valence-corrected chi connectivity index (χ0v) is 14.1. The summed E-state index contributed by atoms with van der Waals surface area (Å²) in [7, 11) is 0. The Hall–Kier alpha value is -3.54. The average Bonchev–Trinajstić information content (AvgIpc) is 2.99. The number of anilines is 1. The molecule has 1 aliphatic rings. The van der Waals surface area contributed by atoms with Crippen molar-refractivity contribution in [1.29, 1.82) is 0 Å². The molecule has 1 amide bonds. The van der Waals surface area contributed by atoms with Gasteiger partial charge in [-0.1, -0.05) is 59.8 Å². The highest BCUT2D eigenvalue weighted by Gasteiger charge is 2.24. The van der Waals surface area contributed by atoms with E-state index in [9.17, 15) is 13.6 Å². The van der Waals surface area contributed by atoms with Crippen LogP contribution in [0.3, 0.4) is 0 Å². The lowest BCUT2D eigenvalue weighted by Crippen LogP contribution is -2.19. The zero-order valence-electron chi connectivity index (χ0n) is 14.1. The van der Waals surface area contributed by atoms with Crippen molar-refractivity contribution in [2.24, 2.45) is 5.16 Å². The number of benzene rings is 3. The molecule has 3 aromatic rings. The van der Waals surface area contributed by atoms with E-state index in [1.807, 2.05) is 48.5 Å². The van der Waals surface area contributed by atoms with E-state index in [2.05, 4.69) is 10.5 Å². The van der Waals surface area contributed by atoms with Crippen LogP contribution in [0.15, 0.2) is 71.9 Å². The number of amides is 1. The van der Waals surface area contributed by atoms with Crippen LogP contribution >= 0.6 is 0 Å². The van der Waals surface area contributed by atoms with Crippen LogP contribution in [-0.2, 0) is 9.63 Å². The molecule has 1 N–H and O–H groups in total. The van der Waals surface area contributed by atoms with Gasteiger partial charge in [0.05, 0.1) is 0 Å². The zero-order chi connectivity index (χ0) is 18.8. The largest absolute Gasteiger partial charge is 0.385 e. The second kappa shape index (κ2) is 6.99. The first kappa shape index (κ1) is 16.9. The van der Waals surface area contributed by atoms with Crippen LogP contribution < -0.4 is 5.32 Å². The van der Waals surface area contributed by atoms with Gasteiger partial charge < -0.3 is 10.2 Å². The van der Waals surface area contributed by atoms with Crippen LogP contribution in [0.25, 0.3) is 11.1 Å². The summed E-state index contributed by atoms with van der Waals surface area (Å²) in [5.74, 6) is -2.41. The van der Waals surface area contributed by atoms with Gasteiger partial charge in [0.2, 0.25) is 0 Å². The summed E-state index contributed by atoms with van der Waals surface area (Å²) in [6, 6.07) is 18.8. The maximum absolute atomic E-state index is 13.6. The Labute approximate surface area is 154 Å². The quantitative estimate of drug-likeness (QED) is 0.547. The molecule has 0 fully saturated rings. The molecule has 4 nitrogen and oxygen atoms in total. The molecule has 0 aliphatic heterocycles. The first-order chi connectivity index (χ1) is 13.1. The van der Waals surface area contributed by atoms with Crippen molar-refractivity contribution >= 4 is 17.3 Å². The second-order valence-corrected chi connectivity index (χ2v) is 5.95. The van der Waals surface area contributed by atoms with Crippen molar-refractivity contribution in [1.82, 2.24) is 0 Å². The van der Waals surface area contributed by atoms with Crippen LogP contribution in [0.1, 0.15) is 11.1 Å². The van der Waals surface area contributed by atoms with Gasteiger partial charge >= 0.3 is 0 Å². The molecule has 0 heterocycles. The van der Waals surface area contributed by atoms with Crippen LogP contribution in [0, 0.1) is 11.6 Å². The van der Waals surface area contributed by atoms with E-state index in [1.54, 1.807) is 0 Å². The number of oxime groups is 1. The molecule has 27 heavy (non-hydrogen) atoms. The fourth-order valence-electron chi connectivity index (χ4n) is 3.04. The van der Waals surface area contributed by atoms with Gasteiger partial charge in [-0.05, 0) is 23.3 Å². The summed E-state index contributed by atoms with van der Waals surface area (Å²) in [5.41, 5.74) is 3.99. The summed E-state index contributed by atoms with van der Waals surface area (Å²) in [5, 5.41) is 6.26. The number of carbonyl (C=O) groups excluding carboxylic acids is 1. The number of hydrogen-bond donors (Lipinski definition) is 1. The number of hydrogen-bond acceptors (Lipinski definition) is 3. The topological polar surface area (TPSA) is 50.7 Å². The predicted octanol–water partition coefficient (Wildman–Crippen LogP) is 4.35. The standard InChI is InChI=1S/C21H14F2N2O2/c22-17-10-5-11-18(23)21(17)24-19(26)12-27-25-20-15-8-3-1-6-13(15)14-7-2-4-9-16(14)20/h1-11H,12H2,(H,24,26). The first-order valence-corrected chi connectivity index (χ1v) is 8.28. The van der Waals surface area contributed by atoms with Gasteiger partial charge in [-0.3, -0.25) is 4.79 Å². The van der Waals surface area contributed by atoms with Gasteiger partial charge in [0.1, 0.15) is 23.0 Å². The van der Waals surface area contributed by atoms with Crippen molar-refractivity contribution in [2.75, 3.05) is 11.9 Å². The minimum atomic E-state index is -0.853. The van der Waals surface area contributed by atoms with Crippen molar-refractivity contribution < 1.29 is 18.4 Å². The fraction of sp³-hybridized carbons (Fsp3) is 0.0476. The third-order valence-electron chi connectivity index (χ3n) is 4.23. The molecule has 1 aliphatic carbocycles. The van der Waals surface area contributed by atoms with Crippen molar-refractivity contribution in [3.8, 4) is 11.1 Å². The van der Waals surface area contributed by atoms with E-state index in [-0.39, 0.29) is 0 Å². The lowest BCUT2D eigenvalue weighted by atomic mass is 10.1. The maximum Gasteiger partial charge on any atom is 0.265 e.